The number of carbonyl (C=O) groups excluding carboxylic acids is 1. The largest absolute Gasteiger partial charge is 0.268 e. The first kappa shape index (κ1) is 16.1. The molecule has 0 aliphatic carbocycles. The Balaban J connectivity index is 2.28. The molecular weight excluding hydrogens is 355 g/mol. The summed E-state index contributed by atoms with van der Waals surface area (Å²) in [7, 11) is -3.50. The maximum atomic E-state index is 12.3. The maximum absolute atomic E-state index is 12.3. The van der Waals surface area contributed by atoms with Crippen LogP contribution in [0.25, 0.3) is 0 Å². The van der Waals surface area contributed by atoms with E-state index in [1.807, 2.05) is 0 Å². The zero-order valence-electron chi connectivity index (χ0n) is 10.4. The predicted molar refractivity (Wildman–Crippen MR) is 84.5 cm³/mol. The lowest BCUT2D eigenvalue weighted by molar-refractivity contribution is 0.0982. The Morgan fingerprint density at radius 3 is 2.14 bits per heavy atom. The highest BCUT2D eigenvalue weighted by atomic mass is 35.5. The molecular formula is C13H9Cl3N2O2S. The van der Waals surface area contributed by atoms with E-state index < -0.39 is 15.8 Å². The normalized spacial score (nSPS) is 13.5. The van der Waals surface area contributed by atoms with Gasteiger partial charge in [0.15, 0.2) is 9.92 Å². The van der Waals surface area contributed by atoms with Gasteiger partial charge < -0.3 is 0 Å². The fourth-order valence-corrected chi connectivity index (χ4v) is 3.17. The van der Waals surface area contributed by atoms with Crippen LogP contribution in [0.1, 0.15) is 10.4 Å². The van der Waals surface area contributed by atoms with Gasteiger partial charge in [0, 0.05) is 10.0 Å². The summed E-state index contributed by atoms with van der Waals surface area (Å²) in [5.74, 6) is -0.716. The molecule has 110 valence electrons. The first-order valence-corrected chi connectivity index (χ1v) is 8.30. The van der Waals surface area contributed by atoms with Crippen LogP contribution in [0.4, 0.5) is 0 Å². The van der Waals surface area contributed by atoms with E-state index in [0.29, 0.717) is 10.0 Å². The van der Waals surface area contributed by atoms with Crippen molar-refractivity contribution in [1.82, 2.24) is 4.72 Å². The molecule has 0 heterocycles. The smallest absolute Gasteiger partial charge is 0.265 e. The number of hydrogen-bond acceptors (Lipinski definition) is 3. The number of rotatable bonds is 3. The molecule has 0 aromatic heterocycles. The van der Waals surface area contributed by atoms with Crippen molar-refractivity contribution in [3.8, 4) is 0 Å². The maximum Gasteiger partial charge on any atom is 0.265 e. The van der Waals surface area contributed by atoms with Crippen molar-refractivity contribution in [2.45, 2.75) is 4.90 Å². The summed E-state index contributed by atoms with van der Waals surface area (Å²) in [4.78, 5) is 12.2. The average molecular weight is 364 g/mol. The fourth-order valence-electron chi connectivity index (χ4n) is 1.54. The van der Waals surface area contributed by atoms with E-state index in [9.17, 15) is 9.00 Å². The van der Waals surface area contributed by atoms with E-state index >= 15 is 0 Å². The molecule has 2 N–H and O–H groups in total. The third kappa shape index (κ3) is 3.89. The molecule has 0 saturated heterocycles. The summed E-state index contributed by atoms with van der Waals surface area (Å²) in [5, 5.41) is 0.938. The summed E-state index contributed by atoms with van der Waals surface area (Å²) in [6, 6.07) is 10.1. The van der Waals surface area contributed by atoms with E-state index in [1.165, 1.54) is 42.5 Å². The molecule has 0 aliphatic heterocycles. The number of halogens is 3. The first-order valence-electron chi connectivity index (χ1n) is 5.61. The van der Waals surface area contributed by atoms with Gasteiger partial charge in [-0.25, -0.2) is 8.99 Å². The van der Waals surface area contributed by atoms with Crippen molar-refractivity contribution in [2.75, 3.05) is 0 Å². The van der Waals surface area contributed by atoms with E-state index in [-0.39, 0.29) is 15.5 Å². The van der Waals surface area contributed by atoms with Crippen LogP contribution in [0, 0.1) is 4.78 Å². The summed E-state index contributed by atoms with van der Waals surface area (Å²) >= 11 is 17.4. The lowest BCUT2D eigenvalue weighted by Crippen LogP contribution is -2.29. The number of nitrogens with one attached hydrogen (secondary N) is 2. The topological polar surface area (TPSA) is 70.0 Å². The lowest BCUT2D eigenvalue weighted by atomic mass is 10.2. The van der Waals surface area contributed by atoms with Crippen LogP contribution in [-0.2, 0) is 9.92 Å². The summed E-state index contributed by atoms with van der Waals surface area (Å²) < 4.78 is 22.3. The number of amides is 1. The van der Waals surface area contributed by atoms with Crippen LogP contribution >= 0.6 is 34.8 Å². The van der Waals surface area contributed by atoms with E-state index in [1.54, 1.807) is 0 Å². The molecule has 1 unspecified atom stereocenters. The Hall–Kier alpha value is -1.27. The number of hydrogen-bond donors (Lipinski definition) is 2. The fraction of sp³-hybridized carbons (Fsp3) is 0. The molecule has 0 fully saturated rings. The predicted octanol–water partition coefficient (Wildman–Crippen LogP) is 4.40. The third-order valence-electron chi connectivity index (χ3n) is 2.56. The molecule has 4 nitrogen and oxygen atoms in total. The molecule has 0 spiro atoms. The van der Waals surface area contributed by atoms with Crippen molar-refractivity contribution in [2.24, 2.45) is 0 Å². The Morgan fingerprint density at radius 2 is 1.57 bits per heavy atom. The highest BCUT2D eigenvalue weighted by molar-refractivity contribution is 7.91. The van der Waals surface area contributed by atoms with Crippen LogP contribution < -0.4 is 4.72 Å². The van der Waals surface area contributed by atoms with Gasteiger partial charge >= 0.3 is 0 Å². The molecule has 0 aliphatic rings. The van der Waals surface area contributed by atoms with Crippen molar-refractivity contribution < 1.29 is 9.00 Å². The van der Waals surface area contributed by atoms with Crippen LogP contribution in [0.15, 0.2) is 47.4 Å². The minimum Gasteiger partial charge on any atom is -0.268 e. The Morgan fingerprint density at radius 1 is 1.00 bits per heavy atom. The van der Waals surface area contributed by atoms with Crippen LogP contribution in [0.3, 0.4) is 0 Å². The van der Waals surface area contributed by atoms with Gasteiger partial charge in [-0.2, -0.15) is 0 Å². The van der Waals surface area contributed by atoms with Crippen molar-refractivity contribution in [1.29, 1.82) is 4.78 Å². The van der Waals surface area contributed by atoms with Crippen LogP contribution in [0.5, 0.6) is 0 Å². The summed E-state index contributed by atoms with van der Waals surface area (Å²) in [6.45, 7) is 0. The quantitative estimate of drug-likeness (QED) is 0.848. The molecule has 1 atom stereocenters. The Bertz CT molecular complexity index is 790. The standard InChI is InChI=1S/C13H9Cl3N2O2S/c14-8-1-4-10(5-2-8)21(17,20)18-13(19)11-6-3-9(15)7-12(11)16/h1-7H,(H2,17,18,19,20). The van der Waals surface area contributed by atoms with Gasteiger partial charge in [-0.3, -0.25) is 9.52 Å². The Labute approximate surface area is 137 Å². The van der Waals surface area contributed by atoms with Crippen molar-refractivity contribution in [3.05, 3.63) is 63.1 Å². The molecule has 0 radical (unpaired) electrons. The number of benzene rings is 2. The molecule has 2 aromatic rings. The molecule has 1 amide bonds. The lowest BCUT2D eigenvalue weighted by Gasteiger charge is -2.11. The molecule has 2 aromatic carbocycles. The summed E-state index contributed by atoms with van der Waals surface area (Å²) in [6.07, 6.45) is 0. The average Bonchev–Trinajstić information content (AvgIpc) is 2.38. The van der Waals surface area contributed by atoms with Crippen molar-refractivity contribution >= 4 is 50.6 Å². The van der Waals surface area contributed by atoms with Crippen LogP contribution in [0.2, 0.25) is 15.1 Å². The van der Waals surface area contributed by atoms with Gasteiger partial charge in [-0.15, -0.1) is 0 Å². The summed E-state index contributed by atoms with van der Waals surface area (Å²) in [5.41, 5.74) is 0.0926. The van der Waals surface area contributed by atoms with E-state index in [4.69, 9.17) is 39.6 Å². The van der Waals surface area contributed by atoms with Crippen molar-refractivity contribution in [3.63, 3.8) is 0 Å². The molecule has 0 bridgehead atoms. The molecule has 2 rings (SSSR count). The molecule has 0 saturated carbocycles. The minimum absolute atomic E-state index is 0.0926. The first-order chi connectivity index (χ1) is 9.79. The van der Waals surface area contributed by atoms with Gasteiger partial charge in [0.2, 0.25) is 0 Å². The Kier molecular flexibility index (Phi) is 4.78. The van der Waals surface area contributed by atoms with Gasteiger partial charge in [-0.05, 0) is 42.5 Å². The highest BCUT2D eigenvalue weighted by Crippen LogP contribution is 2.22. The van der Waals surface area contributed by atoms with Gasteiger partial charge in [0.1, 0.15) is 0 Å². The van der Waals surface area contributed by atoms with Gasteiger partial charge in [0.25, 0.3) is 5.91 Å². The van der Waals surface area contributed by atoms with Gasteiger partial charge in [-0.1, -0.05) is 34.8 Å². The van der Waals surface area contributed by atoms with Gasteiger partial charge in [0.05, 0.1) is 15.5 Å². The van der Waals surface area contributed by atoms with E-state index in [2.05, 4.69) is 4.72 Å². The van der Waals surface area contributed by atoms with E-state index in [0.717, 1.165) is 0 Å². The second-order valence-electron chi connectivity index (χ2n) is 4.07. The second-order valence-corrected chi connectivity index (χ2v) is 7.13. The second kappa shape index (κ2) is 6.23. The zero-order chi connectivity index (χ0) is 15.6. The minimum atomic E-state index is -3.50. The highest BCUT2D eigenvalue weighted by Gasteiger charge is 2.17. The molecule has 8 heteroatoms. The SMILES string of the molecule is N=S(=O)(NC(=O)c1ccc(Cl)cc1Cl)c1ccc(Cl)cc1. The third-order valence-corrected chi connectivity index (χ3v) is 4.77. The molecule has 21 heavy (non-hydrogen) atoms. The monoisotopic (exact) mass is 362 g/mol. The zero-order valence-corrected chi connectivity index (χ0v) is 13.5. The number of carbonyl (C=O) groups is 1. The van der Waals surface area contributed by atoms with Crippen LogP contribution in [-0.4, -0.2) is 10.1 Å².